The van der Waals surface area contributed by atoms with Crippen molar-refractivity contribution in [3.63, 3.8) is 0 Å². The Bertz CT molecular complexity index is 594. The quantitative estimate of drug-likeness (QED) is 0.899. The molecule has 0 radical (unpaired) electrons. The third-order valence-corrected chi connectivity index (χ3v) is 3.90. The van der Waals surface area contributed by atoms with Crippen LogP contribution in [0, 0.1) is 6.92 Å². The van der Waals surface area contributed by atoms with Crippen molar-refractivity contribution in [3.05, 3.63) is 47.3 Å². The zero-order valence-electron chi connectivity index (χ0n) is 12.6. The van der Waals surface area contributed by atoms with Gasteiger partial charge < -0.3 is 5.32 Å². The van der Waals surface area contributed by atoms with Crippen molar-refractivity contribution in [2.75, 3.05) is 0 Å². The van der Waals surface area contributed by atoms with Gasteiger partial charge in [-0.3, -0.25) is 0 Å². The van der Waals surface area contributed by atoms with Crippen LogP contribution in [-0.2, 0) is 6.54 Å². The lowest BCUT2D eigenvalue weighted by Gasteiger charge is -2.12. The van der Waals surface area contributed by atoms with Crippen LogP contribution in [0.4, 0.5) is 0 Å². The predicted octanol–water partition coefficient (Wildman–Crippen LogP) is 3.56. The summed E-state index contributed by atoms with van der Waals surface area (Å²) in [6.07, 6.45) is 4.68. The second kappa shape index (κ2) is 5.41. The molecule has 0 aliphatic heterocycles. The summed E-state index contributed by atoms with van der Waals surface area (Å²) in [6, 6.07) is 9.26. The van der Waals surface area contributed by atoms with Gasteiger partial charge in [-0.2, -0.15) is 5.10 Å². The van der Waals surface area contributed by atoms with Gasteiger partial charge in [0.25, 0.3) is 0 Å². The summed E-state index contributed by atoms with van der Waals surface area (Å²) in [5, 5.41) is 8.16. The molecule has 0 unspecified atom stereocenters. The number of benzene rings is 1. The van der Waals surface area contributed by atoms with E-state index in [1.165, 1.54) is 29.7 Å². The molecule has 106 valence electrons. The second-order valence-corrected chi connectivity index (χ2v) is 6.11. The molecule has 1 aliphatic carbocycles. The third-order valence-electron chi connectivity index (χ3n) is 3.90. The minimum Gasteiger partial charge on any atom is -0.310 e. The molecule has 2 aromatic rings. The SMILES string of the molecule is Cc1cc(-n2ccc(C3CC3)n2)ccc1CNC(C)C. The van der Waals surface area contributed by atoms with Crippen molar-refractivity contribution < 1.29 is 0 Å². The van der Waals surface area contributed by atoms with E-state index in [9.17, 15) is 0 Å². The molecule has 0 amide bonds. The lowest BCUT2D eigenvalue weighted by molar-refractivity contribution is 0.587. The van der Waals surface area contributed by atoms with Crippen LogP contribution in [-0.4, -0.2) is 15.8 Å². The van der Waals surface area contributed by atoms with E-state index in [0.29, 0.717) is 12.0 Å². The largest absolute Gasteiger partial charge is 0.310 e. The average molecular weight is 269 g/mol. The van der Waals surface area contributed by atoms with Gasteiger partial charge in [-0.1, -0.05) is 19.9 Å². The van der Waals surface area contributed by atoms with Crippen molar-refractivity contribution in [2.24, 2.45) is 0 Å². The minimum absolute atomic E-state index is 0.515. The van der Waals surface area contributed by atoms with Crippen LogP contribution >= 0.6 is 0 Å². The first-order valence-corrected chi connectivity index (χ1v) is 7.52. The highest BCUT2D eigenvalue weighted by Crippen LogP contribution is 2.39. The number of hydrogen-bond donors (Lipinski definition) is 1. The highest BCUT2D eigenvalue weighted by atomic mass is 15.3. The molecule has 1 aliphatic rings. The number of nitrogens with zero attached hydrogens (tertiary/aromatic N) is 2. The first kappa shape index (κ1) is 13.4. The molecule has 0 saturated heterocycles. The van der Waals surface area contributed by atoms with E-state index < -0.39 is 0 Å². The minimum atomic E-state index is 0.515. The van der Waals surface area contributed by atoms with Crippen LogP contribution in [0.25, 0.3) is 5.69 Å². The molecule has 1 aromatic carbocycles. The van der Waals surface area contributed by atoms with Crippen molar-refractivity contribution in [2.45, 2.75) is 52.1 Å². The Morgan fingerprint density at radius 3 is 2.75 bits per heavy atom. The zero-order chi connectivity index (χ0) is 14.1. The van der Waals surface area contributed by atoms with Crippen molar-refractivity contribution in [1.82, 2.24) is 15.1 Å². The molecule has 1 saturated carbocycles. The first-order chi connectivity index (χ1) is 9.63. The summed E-state index contributed by atoms with van der Waals surface area (Å²) < 4.78 is 2.00. The van der Waals surface area contributed by atoms with E-state index in [1.54, 1.807) is 0 Å². The summed E-state index contributed by atoms with van der Waals surface area (Å²) in [5.74, 6) is 0.715. The average Bonchev–Trinajstić information content (AvgIpc) is 3.15. The number of hydrogen-bond acceptors (Lipinski definition) is 2. The van der Waals surface area contributed by atoms with E-state index in [4.69, 9.17) is 0 Å². The lowest BCUT2D eigenvalue weighted by atomic mass is 10.1. The molecule has 20 heavy (non-hydrogen) atoms. The fourth-order valence-corrected chi connectivity index (χ4v) is 2.41. The summed E-state index contributed by atoms with van der Waals surface area (Å²) in [5.41, 5.74) is 5.08. The highest BCUT2D eigenvalue weighted by molar-refractivity contribution is 5.40. The molecule has 0 spiro atoms. The van der Waals surface area contributed by atoms with E-state index in [2.05, 4.69) is 61.6 Å². The molecular weight excluding hydrogens is 246 g/mol. The summed E-state index contributed by atoms with van der Waals surface area (Å²) >= 11 is 0. The Morgan fingerprint density at radius 1 is 1.30 bits per heavy atom. The smallest absolute Gasteiger partial charge is 0.0659 e. The van der Waals surface area contributed by atoms with Gasteiger partial charge in [0.2, 0.25) is 0 Å². The van der Waals surface area contributed by atoms with Gasteiger partial charge in [0.1, 0.15) is 0 Å². The van der Waals surface area contributed by atoms with Crippen LogP contribution in [0.5, 0.6) is 0 Å². The maximum atomic E-state index is 4.69. The maximum Gasteiger partial charge on any atom is 0.0659 e. The number of aryl methyl sites for hydroxylation is 1. The molecule has 1 aromatic heterocycles. The maximum absolute atomic E-state index is 4.69. The first-order valence-electron chi connectivity index (χ1n) is 7.52. The van der Waals surface area contributed by atoms with Gasteiger partial charge in [0.05, 0.1) is 11.4 Å². The van der Waals surface area contributed by atoms with Crippen molar-refractivity contribution in [3.8, 4) is 5.69 Å². The fourth-order valence-electron chi connectivity index (χ4n) is 2.41. The van der Waals surface area contributed by atoms with Gasteiger partial charge in [0.15, 0.2) is 0 Å². The molecule has 0 atom stereocenters. The molecule has 1 N–H and O–H groups in total. The standard InChI is InChI=1S/C17H23N3/c1-12(2)18-11-15-6-7-16(10-13(15)3)20-9-8-17(19-20)14-4-5-14/h6-10,12,14,18H,4-5,11H2,1-3H3. The van der Waals surface area contributed by atoms with E-state index in [1.807, 2.05) is 4.68 Å². The Balaban J connectivity index is 1.78. The topological polar surface area (TPSA) is 29.9 Å². The molecule has 1 fully saturated rings. The van der Waals surface area contributed by atoms with E-state index in [0.717, 1.165) is 12.2 Å². The Hall–Kier alpha value is -1.61. The Kier molecular flexibility index (Phi) is 3.62. The van der Waals surface area contributed by atoms with Crippen LogP contribution in [0.1, 0.15) is 49.4 Å². The Labute approximate surface area is 121 Å². The van der Waals surface area contributed by atoms with Crippen LogP contribution < -0.4 is 5.32 Å². The number of nitrogens with one attached hydrogen (secondary N) is 1. The molecule has 3 nitrogen and oxygen atoms in total. The molecular formula is C17H23N3. The van der Waals surface area contributed by atoms with E-state index in [-0.39, 0.29) is 0 Å². The van der Waals surface area contributed by atoms with Gasteiger partial charge >= 0.3 is 0 Å². The second-order valence-electron chi connectivity index (χ2n) is 6.11. The van der Waals surface area contributed by atoms with E-state index >= 15 is 0 Å². The lowest BCUT2D eigenvalue weighted by Crippen LogP contribution is -2.22. The normalized spacial score (nSPS) is 15.0. The highest BCUT2D eigenvalue weighted by Gasteiger charge is 2.25. The summed E-state index contributed by atoms with van der Waals surface area (Å²) in [7, 11) is 0. The van der Waals surface area contributed by atoms with Crippen molar-refractivity contribution >= 4 is 0 Å². The van der Waals surface area contributed by atoms with Gasteiger partial charge in [-0.15, -0.1) is 0 Å². The number of aromatic nitrogens is 2. The third kappa shape index (κ3) is 2.93. The van der Waals surface area contributed by atoms with Gasteiger partial charge in [-0.05, 0) is 49.1 Å². The van der Waals surface area contributed by atoms with Crippen molar-refractivity contribution in [1.29, 1.82) is 0 Å². The summed E-state index contributed by atoms with van der Waals surface area (Å²) in [4.78, 5) is 0. The molecule has 3 rings (SSSR count). The Morgan fingerprint density at radius 2 is 2.10 bits per heavy atom. The van der Waals surface area contributed by atoms with Crippen LogP contribution in [0.3, 0.4) is 0 Å². The molecule has 3 heteroatoms. The molecule has 1 heterocycles. The van der Waals surface area contributed by atoms with Gasteiger partial charge in [-0.25, -0.2) is 4.68 Å². The monoisotopic (exact) mass is 269 g/mol. The fraction of sp³-hybridized carbons (Fsp3) is 0.471. The van der Waals surface area contributed by atoms with Crippen LogP contribution in [0.2, 0.25) is 0 Å². The number of rotatable bonds is 5. The van der Waals surface area contributed by atoms with Gasteiger partial charge in [0, 0.05) is 24.7 Å². The zero-order valence-corrected chi connectivity index (χ0v) is 12.6. The predicted molar refractivity (Wildman–Crippen MR) is 82.3 cm³/mol. The molecule has 0 bridgehead atoms. The van der Waals surface area contributed by atoms with Crippen LogP contribution in [0.15, 0.2) is 30.5 Å². The summed E-state index contributed by atoms with van der Waals surface area (Å²) in [6.45, 7) is 7.45.